The molecule has 5 heteroatoms. The second kappa shape index (κ2) is 5.74. The number of hydrogen-bond acceptors (Lipinski definition) is 2. The number of fused-ring (bicyclic) bond motifs is 1. The van der Waals surface area contributed by atoms with Crippen LogP contribution in [0.1, 0.15) is 22.6 Å². The fraction of sp³-hybridized carbons (Fsp3) is 0.222. The van der Waals surface area contributed by atoms with Crippen LogP contribution in [0, 0.1) is 0 Å². The van der Waals surface area contributed by atoms with Crippen LogP contribution < -0.4 is 4.90 Å². The Morgan fingerprint density at radius 3 is 2.61 bits per heavy atom. The van der Waals surface area contributed by atoms with Crippen molar-refractivity contribution in [2.45, 2.75) is 18.3 Å². The predicted octanol–water partition coefficient (Wildman–Crippen LogP) is 4.16. The summed E-state index contributed by atoms with van der Waals surface area (Å²) in [5.74, 6) is -0.219. The van der Waals surface area contributed by atoms with Crippen molar-refractivity contribution < 1.29 is 18.3 Å². The maximum absolute atomic E-state index is 12.9. The standard InChI is InChI=1S/C18H16F3NO/c1-2-17(23)22-11-15(14-8-3-4-9-16(14)22)12-6-5-7-13(10-12)18(19,20)21/h2-10,15,17,23H,1,11H2. The third-order valence-corrected chi connectivity index (χ3v) is 4.15. The number of benzene rings is 2. The highest BCUT2D eigenvalue weighted by Gasteiger charge is 2.34. The molecule has 0 fully saturated rings. The van der Waals surface area contributed by atoms with Crippen LogP contribution >= 0.6 is 0 Å². The lowest BCUT2D eigenvalue weighted by Crippen LogP contribution is -2.32. The smallest absolute Gasteiger partial charge is 0.370 e. The second-order valence-corrected chi connectivity index (χ2v) is 5.54. The van der Waals surface area contributed by atoms with Gasteiger partial charge in [0, 0.05) is 18.2 Å². The molecule has 2 unspecified atom stereocenters. The van der Waals surface area contributed by atoms with E-state index in [9.17, 15) is 18.3 Å². The molecule has 0 aliphatic carbocycles. The molecule has 1 aliphatic rings. The van der Waals surface area contributed by atoms with Crippen molar-refractivity contribution in [3.63, 3.8) is 0 Å². The van der Waals surface area contributed by atoms with E-state index in [1.54, 1.807) is 11.0 Å². The zero-order valence-electron chi connectivity index (χ0n) is 12.3. The van der Waals surface area contributed by atoms with Crippen LogP contribution in [0.2, 0.25) is 0 Å². The van der Waals surface area contributed by atoms with Crippen molar-refractivity contribution in [3.05, 3.63) is 77.9 Å². The summed E-state index contributed by atoms with van der Waals surface area (Å²) in [5, 5.41) is 10.1. The Kier molecular flexibility index (Phi) is 3.90. The number of anilines is 1. The van der Waals surface area contributed by atoms with Gasteiger partial charge in [-0.15, -0.1) is 0 Å². The monoisotopic (exact) mass is 319 g/mol. The summed E-state index contributed by atoms with van der Waals surface area (Å²) in [7, 11) is 0. The molecule has 0 aromatic heterocycles. The molecule has 120 valence electrons. The summed E-state index contributed by atoms with van der Waals surface area (Å²) in [4.78, 5) is 1.74. The fourth-order valence-corrected chi connectivity index (χ4v) is 3.03. The molecular weight excluding hydrogens is 303 g/mol. The summed E-state index contributed by atoms with van der Waals surface area (Å²) in [5.41, 5.74) is 1.66. The SMILES string of the molecule is C=CC(O)N1CC(c2cccc(C(F)(F)F)c2)c2ccccc21. The van der Waals surface area contributed by atoms with Gasteiger partial charge in [0.05, 0.1) is 5.56 Å². The molecule has 1 N–H and O–H groups in total. The Morgan fingerprint density at radius 2 is 1.91 bits per heavy atom. The number of halogens is 3. The van der Waals surface area contributed by atoms with E-state index in [0.29, 0.717) is 12.1 Å². The molecule has 0 saturated carbocycles. The lowest BCUT2D eigenvalue weighted by atomic mass is 9.92. The molecule has 0 spiro atoms. The minimum absolute atomic E-state index is 0.219. The van der Waals surface area contributed by atoms with E-state index >= 15 is 0 Å². The lowest BCUT2D eigenvalue weighted by Gasteiger charge is -2.23. The van der Waals surface area contributed by atoms with Crippen LogP contribution in [-0.4, -0.2) is 17.9 Å². The molecule has 1 aliphatic heterocycles. The van der Waals surface area contributed by atoms with Gasteiger partial charge in [0.15, 0.2) is 0 Å². The Labute approximate surface area is 132 Å². The van der Waals surface area contributed by atoms with Gasteiger partial charge in [0.25, 0.3) is 0 Å². The highest BCUT2D eigenvalue weighted by Crippen LogP contribution is 2.42. The zero-order valence-corrected chi connectivity index (χ0v) is 12.3. The number of rotatable bonds is 3. The fourth-order valence-electron chi connectivity index (χ4n) is 3.03. The van der Waals surface area contributed by atoms with Gasteiger partial charge in [0.1, 0.15) is 6.23 Å². The molecule has 2 aromatic rings. The summed E-state index contributed by atoms with van der Waals surface area (Å²) in [6.45, 7) is 3.99. The van der Waals surface area contributed by atoms with Gasteiger partial charge >= 0.3 is 6.18 Å². The molecule has 2 nitrogen and oxygen atoms in total. The van der Waals surface area contributed by atoms with Gasteiger partial charge in [-0.05, 0) is 29.3 Å². The molecular formula is C18H16F3NO. The van der Waals surface area contributed by atoms with Gasteiger partial charge < -0.3 is 10.0 Å². The van der Waals surface area contributed by atoms with Gasteiger partial charge in [-0.25, -0.2) is 0 Å². The lowest BCUT2D eigenvalue weighted by molar-refractivity contribution is -0.137. The van der Waals surface area contributed by atoms with E-state index in [1.165, 1.54) is 18.2 Å². The predicted molar refractivity (Wildman–Crippen MR) is 83.3 cm³/mol. The minimum atomic E-state index is -4.37. The average molecular weight is 319 g/mol. The first-order chi connectivity index (χ1) is 10.9. The van der Waals surface area contributed by atoms with E-state index in [4.69, 9.17) is 0 Å². The van der Waals surface area contributed by atoms with Crippen molar-refractivity contribution in [2.75, 3.05) is 11.4 Å². The van der Waals surface area contributed by atoms with Crippen LogP contribution in [0.5, 0.6) is 0 Å². The highest BCUT2D eigenvalue weighted by atomic mass is 19.4. The van der Waals surface area contributed by atoms with E-state index < -0.39 is 18.0 Å². The quantitative estimate of drug-likeness (QED) is 0.859. The van der Waals surface area contributed by atoms with E-state index in [2.05, 4.69) is 6.58 Å². The molecule has 0 radical (unpaired) electrons. The van der Waals surface area contributed by atoms with Crippen LogP contribution in [-0.2, 0) is 6.18 Å². The van der Waals surface area contributed by atoms with Crippen LogP contribution in [0.4, 0.5) is 18.9 Å². The maximum Gasteiger partial charge on any atom is 0.416 e. The first kappa shape index (κ1) is 15.6. The van der Waals surface area contributed by atoms with Crippen molar-refractivity contribution in [1.29, 1.82) is 0 Å². The second-order valence-electron chi connectivity index (χ2n) is 5.54. The van der Waals surface area contributed by atoms with E-state index in [1.807, 2.05) is 24.3 Å². The molecule has 3 rings (SSSR count). The Bertz CT molecular complexity index is 726. The number of alkyl halides is 3. The molecule has 0 bridgehead atoms. The number of aliphatic hydroxyl groups excluding tert-OH is 1. The average Bonchev–Trinajstić information content (AvgIpc) is 2.93. The molecule has 2 atom stereocenters. The minimum Gasteiger partial charge on any atom is -0.370 e. The summed E-state index contributed by atoms with van der Waals surface area (Å²) >= 11 is 0. The van der Waals surface area contributed by atoms with Gasteiger partial charge in [-0.1, -0.05) is 43.0 Å². The third-order valence-electron chi connectivity index (χ3n) is 4.15. The summed E-state index contributed by atoms with van der Waals surface area (Å²) < 4.78 is 38.8. The number of para-hydroxylation sites is 1. The van der Waals surface area contributed by atoms with Gasteiger partial charge in [-0.2, -0.15) is 13.2 Å². The van der Waals surface area contributed by atoms with Crippen molar-refractivity contribution in [1.82, 2.24) is 0 Å². The first-order valence-electron chi connectivity index (χ1n) is 7.25. The number of hydrogen-bond donors (Lipinski definition) is 1. The van der Waals surface area contributed by atoms with E-state index in [-0.39, 0.29) is 5.92 Å². The number of aliphatic hydroxyl groups is 1. The van der Waals surface area contributed by atoms with E-state index in [0.717, 1.165) is 17.3 Å². The topological polar surface area (TPSA) is 23.5 Å². The third kappa shape index (κ3) is 2.84. The largest absolute Gasteiger partial charge is 0.416 e. The van der Waals surface area contributed by atoms with Crippen molar-refractivity contribution in [2.24, 2.45) is 0 Å². The Morgan fingerprint density at radius 1 is 1.17 bits per heavy atom. The molecule has 1 heterocycles. The van der Waals surface area contributed by atoms with Crippen LogP contribution in [0.15, 0.2) is 61.2 Å². The maximum atomic E-state index is 12.9. The van der Waals surface area contributed by atoms with Crippen molar-refractivity contribution >= 4 is 5.69 Å². The molecule has 0 saturated heterocycles. The Hall–Kier alpha value is -2.27. The highest BCUT2D eigenvalue weighted by molar-refractivity contribution is 5.63. The van der Waals surface area contributed by atoms with Crippen LogP contribution in [0.25, 0.3) is 0 Å². The Balaban J connectivity index is 2.03. The summed E-state index contributed by atoms with van der Waals surface area (Å²) in [6.07, 6.45) is -3.83. The van der Waals surface area contributed by atoms with Crippen molar-refractivity contribution in [3.8, 4) is 0 Å². The molecule has 2 aromatic carbocycles. The van der Waals surface area contributed by atoms with Gasteiger partial charge in [0.2, 0.25) is 0 Å². The number of nitrogens with zero attached hydrogens (tertiary/aromatic N) is 1. The zero-order chi connectivity index (χ0) is 16.6. The van der Waals surface area contributed by atoms with Gasteiger partial charge in [-0.3, -0.25) is 0 Å². The normalized spacial score (nSPS) is 18.6. The summed E-state index contributed by atoms with van der Waals surface area (Å²) in [6, 6.07) is 12.8. The van der Waals surface area contributed by atoms with Crippen LogP contribution in [0.3, 0.4) is 0 Å². The molecule has 0 amide bonds. The molecule has 23 heavy (non-hydrogen) atoms. The first-order valence-corrected chi connectivity index (χ1v) is 7.25.